The first kappa shape index (κ1) is 18.1. The van der Waals surface area contributed by atoms with Crippen LogP contribution in [0.25, 0.3) is 5.57 Å². The summed E-state index contributed by atoms with van der Waals surface area (Å²) in [5.74, 6) is 2.47. The number of pyridine rings is 1. The van der Waals surface area contributed by atoms with Gasteiger partial charge in [0, 0.05) is 16.0 Å². The third kappa shape index (κ3) is 4.46. The normalized spacial score (nSPS) is 15.6. The Kier molecular flexibility index (Phi) is 6.19. The van der Waals surface area contributed by atoms with Crippen molar-refractivity contribution in [3.63, 3.8) is 0 Å². The van der Waals surface area contributed by atoms with Crippen molar-refractivity contribution in [3.8, 4) is 5.88 Å². The lowest BCUT2D eigenvalue weighted by Crippen LogP contribution is -1.99. The maximum absolute atomic E-state index is 5.45. The van der Waals surface area contributed by atoms with Crippen LogP contribution in [-0.2, 0) is 0 Å². The van der Waals surface area contributed by atoms with E-state index < -0.39 is 0 Å². The molecule has 1 aliphatic carbocycles. The summed E-state index contributed by atoms with van der Waals surface area (Å²) >= 11 is 1.88. The van der Waals surface area contributed by atoms with Crippen LogP contribution in [0.15, 0.2) is 47.4 Å². The first-order valence-electron chi connectivity index (χ1n) is 9.18. The van der Waals surface area contributed by atoms with Gasteiger partial charge < -0.3 is 4.74 Å². The van der Waals surface area contributed by atoms with Gasteiger partial charge in [-0.25, -0.2) is 4.98 Å². The van der Waals surface area contributed by atoms with Crippen LogP contribution < -0.4 is 4.74 Å². The van der Waals surface area contributed by atoms with E-state index in [0.717, 1.165) is 17.0 Å². The molecule has 0 spiro atoms. The van der Waals surface area contributed by atoms with Gasteiger partial charge in [-0.1, -0.05) is 44.0 Å². The number of aryl methyl sites for hydroxylation is 1. The van der Waals surface area contributed by atoms with Gasteiger partial charge in [-0.05, 0) is 55.2 Å². The molecule has 1 saturated carbocycles. The smallest absolute Gasteiger partial charge is 0.216 e. The summed E-state index contributed by atoms with van der Waals surface area (Å²) in [4.78, 5) is 6.09. The zero-order valence-electron chi connectivity index (χ0n) is 15.4. The Morgan fingerprint density at radius 3 is 2.52 bits per heavy atom. The van der Waals surface area contributed by atoms with Gasteiger partial charge in [-0.15, -0.1) is 11.8 Å². The molecule has 1 aliphatic rings. The summed E-state index contributed by atoms with van der Waals surface area (Å²) in [5, 5.41) is 0. The average Bonchev–Trinajstić information content (AvgIpc) is 3.15. The van der Waals surface area contributed by atoms with Crippen molar-refractivity contribution < 1.29 is 4.74 Å². The minimum Gasteiger partial charge on any atom is -0.481 e. The quantitative estimate of drug-likeness (QED) is 0.583. The maximum atomic E-state index is 5.45. The number of benzene rings is 1. The molecule has 0 atom stereocenters. The Bertz CT molecular complexity index is 730. The van der Waals surface area contributed by atoms with E-state index in [1.807, 2.05) is 18.7 Å². The molecule has 1 aromatic carbocycles. The van der Waals surface area contributed by atoms with Crippen LogP contribution in [0, 0.1) is 12.8 Å². The second-order valence-electron chi connectivity index (χ2n) is 6.60. The predicted molar refractivity (Wildman–Crippen MR) is 107 cm³/mol. The molecule has 0 aliphatic heterocycles. The summed E-state index contributed by atoms with van der Waals surface area (Å²) < 4.78 is 5.45. The molecule has 0 N–H and O–H groups in total. The number of nitrogens with zero attached hydrogens (tertiary/aromatic N) is 1. The van der Waals surface area contributed by atoms with Gasteiger partial charge in [-0.3, -0.25) is 0 Å². The standard InChI is InChI=1S/C22H27NOS/c1-4-25-19-12-10-18(11-13-19)20(15-17-7-5-6-8-17)21-14-9-16(2)22(23-21)24-3/h9-15,17H,4-8H2,1-3H3/b20-15-. The van der Waals surface area contributed by atoms with Crippen molar-refractivity contribution in [2.45, 2.75) is 44.4 Å². The van der Waals surface area contributed by atoms with Crippen molar-refractivity contribution in [1.82, 2.24) is 4.98 Å². The molecule has 2 nitrogen and oxygen atoms in total. The molecule has 2 aromatic rings. The van der Waals surface area contributed by atoms with Crippen LogP contribution in [-0.4, -0.2) is 17.8 Å². The molecule has 1 fully saturated rings. The first-order chi connectivity index (χ1) is 12.2. The molecule has 3 heteroatoms. The lowest BCUT2D eigenvalue weighted by Gasteiger charge is -2.13. The summed E-state index contributed by atoms with van der Waals surface area (Å²) in [5.41, 5.74) is 4.55. The minimum atomic E-state index is 0.661. The minimum absolute atomic E-state index is 0.661. The molecule has 1 aromatic heterocycles. The molecule has 0 bridgehead atoms. The number of hydrogen-bond donors (Lipinski definition) is 0. The van der Waals surface area contributed by atoms with Gasteiger partial charge in [-0.2, -0.15) is 0 Å². The second-order valence-corrected chi connectivity index (χ2v) is 7.94. The zero-order chi connectivity index (χ0) is 17.6. The Hall–Kier alpha value is -1.74. The number of methoxy groups -OCH3 is 1. The van der Waals surface area contributed by atoms with E-state index >= 15 is 0 Å². The summed E-state index contributed by atoms with van der Waals surface area (Å²) in [7, 11) is 1.69. The predicted octanol–water partition coefficient (Wildman–Crippen LogP) is 6.13. The summed E-state index contributed by atoms with van der Waals surface area (Å²) in [6.07, 6.45) is 7.69. The first-order valence-corrected chi connectivity index (χ1v) is 10.2. The lowest BCUT2D eigenvalue weighted by molar-refractivity contribution is 0.394. The topological polar surface area (TPSA) is 22.1 Å². The van der Waals surface area contributed by atoms with E-state index in [4.69, 9.17) is 9.72 Å². The molecule has 1 heterocycles. The fraction of sp³-hybridized carbons (Fsp3) is 0.409. The van der Waals surface area contributed by atoms with Crippen LogP contribution in [0.3, 0.4) is 0 Å². The Balaban J connectivity index is 2.00. The molecular weight excluding hydrogens is 326 g/mol. The SMILES string of the molecule is CCSc1ccc(/C(=C/C2CCCC2)c2ccc(C)c(OC)n2)cc1. The summed E-state index contributed by atoms with van der Waals surface area (Å²) in [6, 6.07) is 13.1. The van der Waals surface area contributed by atoms with E-state index in [-0.39, 0.29) is 0 Å². The van der Waals surface area contributed by atoms with Crippen LogP contribution >= 0.6 is 11.8 Å². The van der Waals surface area contributed by atoms with Crippen LogP contribution in [0.2, 0.25) is 0 Å². The molecule has 132 valence electrons. The highest BCUT2D eigenvalue weighted by atomic mass is 32.2. The van der Waals surface area contributed by atoms with Crippen molar-refractivity contribution >= 4 is 17.3 Å². The van der Waals surface area contributed by atoms with Gasteiger partial charge >= 0.3 is 0 Å². The zero-order valence-corrected chi connectivity index (χ0v) is 16.2. The molecule has 25 heavy (non-hydrogen) atoms. The van der Waals surface area contributed by atoms with Crippen LogP contribution in [0.1, 0.15) is 49.4 Å². The van der Waals surface area contributed by atoms with E-state index in [0.29, 0.717) is 11.8 Å². The third-order valence-electron chi connectivity index (χ3n) is 4.80. The largest absolute Gasteiger partial charge is 0.481 e. The average molecular weight is 354 g/mol. The van der Waals surface area contributed by atoms with Gasteiger partial charge in [0.2, 0.25) is 5.88 Å². The van der Waals surface area contributed by atoms with Gasteiger partial charge in [0.1, 0.15) is 0 Å². The van der Waals surface area contributed by atoms with Gasteiger partial charge in [0.05, 0.1) is 12.8 Å². The van der Waals surface area contributed by atoms with Crippen LogP contribution in [0.4, 0.5) is 0 Å². The summed E-state index contributed by atoms with van der Waals surface area (Å²) in [6.45, 7) is 4.22. The highest BCUT2D eigenvalue weighted by Crippen LogP contribution is 2.33. The fourth-order valence-electron chi connectivity index (χ4n) is 3.45. The molecule has 3 rings (SSSR count). The molecule has 0 unspecified atom stereocenters. The highest BCUT2D eigenvalue weighted by Gasteiger charge is 2.16. The van der Waals surface area contributed by atoms with Crippen molar-refractivity contribution in [2.75, 3.05) is 12.9 Å². The van der Waals surface area contributed by atoms with E-state index in [1.165, 1.54) is 41.7 Å². The Morgan fingerprint density at radius 1 is 1.16 bits per heavy atom. The third-order valence-corrected chi connectivity index (χ3v) is 5.69. The Morgan fingerprint density at radius 2 is 1.88 bits per heavy atom. The number of thioether (sulfide) groups is 1. The molecular formula is C22H27NOS. The van der Waals surface area contributed by atoms with Crippen molar-refractivity contribution in [2.24, 2.45) is 5.92 Å². The molecule has 0 saturated heterocycles. The number of hydrogen-bond acceptors (Lipinski definition) is 3. The molecule has 0 radical (unpaired) electrons. The van der Waals surface area contributed by atoms with E-state index in [9.17, 15) is 0 Å². The lowest BCUT2D eigenvalue weighted by atomic mass is 9.96. The van der Waals surface area contributed by atoms with E-state index in [1.54, 1.807) is 7.11 Å². The Labute approximate surface area is 155 Å². The maximum Gasteiger partial charge on any atom is 0.216 e. The second kappa shape index (κ2) is 8.57. The fourth-order valence-corrected chi connectivity index (χ4v) is 4.12. The highest BCUT2D eigenvalue weighted by molar-refractivity contribution is 7.99. The van der Waals surface area contributed by atoms with Crippen molar-refractivity contribution in [3.05, 3.63) is 59.3 Å². The monoisotopic (exact) mass is 353 g/mol. The number of rotatable bonds is 6. The molecule has 0 amide bonds. The van der Waals surface area contributed by atoms with Crippen molar-refractivity contribution in [1.29, 1.82) is 0 Å². The van der Waals surface area contributed by atoms with Crippen LogP contribution in [0.5, 0.6) is 5.88 Å². The van der Waals surface area contributed by atoms with Gasteiger partial charge in [0.15, 0.2) is 0 Å². The van der Waals surface area contributed by atoms with E-state index in [2.05, 4.69) is 49.4 Å². The number of allylic oxidation sites excluding steroid dienone is 1. The number of ether oxygens (including phenoxy) is 1. The number of aromatic nitrogens is 1. The van der Waals surface area contributed by atoms with Gasteiger partial charge in [0.25, 0.3) is 0 Å².